The number of aromatic nitrogens is 1. The van der Waals surface area contributed by atoms with Crippen molar-refractivity contribution in [2.45, 2.75) is 19.6 Å². The number of thiazole rings is 1. The fourth-order valence-electron chi connectivity index (χ4n) is 4.27. The van der Waals surface area contributed by atoms with Gasteiger partial charge in [0.2, 0.25) is 0 Å². The summed E-state index contributed by atoms with van der Waals surface area (Å²) in [6.07, 6.45) is 1.81. The monoisotopic (exact) mass is 530 g/mol. The number of nitrogens with zero attached hydrogens (tertiary/aromatic N) is 2. The van der Waals surface area contributed by atoms with Gasteiger partial charge in [-0.1, -0.05) is 83.6 Å². The van der Waals surface area contributed by atoms with E-state index in [2.05, 4.69) is 4.99 Å². The van der Waals surface area contributed by atoms with E-state index in [1.165, 1.54) is 18.4 Å². The number of hydrogen-bond acceptors (Lipinski definition) is 6. The number of esters is 1. The lowest BCUT2D eigenvalue weighted by molar-refractivity contribution is -0.136. The second-order valence-electron chi connectivity index (χ2n) is 8.44. The van der Waals surface area contributed by atoms with E-state index in [1.807, 2.05) is 84.9 Å². The number of fused-ring (bicyclic) bond motifs is 1. The van der Waals surface area contributed by atoms with Gasteiger partial charge in [-0.15, -0.1) is 0 Å². The molecule has 0 radical (unpaired) electrons. The molecule has 0 saturated heterocycles. The van der Waals surface area contributed by atoms with Crippen LogP contribution in [0.1, 0.15) is 29.7 Å². The zero-order valence-electron chi connectivity index (χ0n) is 20.2. The summed E-state index contributed by atoms with van der Waals surface area (Å²) in [5.74, 6) is 0.153. The topological polar surface area (TPSA) is 69.9 Å². The van der Waals surface area contributed by atoms with E-state index in [0.29, 0.717) is 38.0 Å². The van der Waals surface area contributed by atoms with Crippen LogP contribution < -0.4 is 19.6 Å². The van der Waals surface area contributed by atoms with Crippen LogP contribution >= 0.6 is 22.9 Å². The number of ether oxygens (including phenoxy) is 2. The molecule has 1 aromatic heterocycles. The molecule has 0 unspecified atom stereocenters. The predicted octanol–water partition coefficient (Wildman–Crippen LogP) is 4.64. The molecule has 37 heavy (non-hydrogen) atoms. The number of methoxy groups -OCH3 is 1. The molecule has 0 saturated carbocycles. The van der Waals surface area contributed by atoms with Gasteiger partial charge < -0.3 is 9.47 Å². The summed E-state index contributed by atoms with van der Waals surface area (Å²) in [6.45, 7) is 2.09. The third-order valence-electron chi connectivity index (χ3n) is 6.05. The van der Waals surface area contributed by atoms with E-state index >= 15 is 0 Å². The Morgan fingerprint density at radius 3 is 2.59 bits per heavy atom. The minimum absolute atomic E-state index is 0.228. The molecule has 6 nitrogen and oxygen atoms in total. The Bertz CT molecular complexity index is 1690. The molecule has 0 fully saturated rings. The van der Waals surface area contributed by atoms with Crippen LogP contribution in [0.5, 0.6) is 5.75 Å². The van der Waals surface area contributed by atoms with Crippen molar-refractivity contribution < 1.29 is 14.3 Å². The summed E-state index contributed by atoms with van der Waals surface area (Å²) < 4.78 is 13.1. The molecule has 0 amide bonds. The van der Waals surface area contributed by atoms with Crippen molar-refractivity contribution >= 4 is 35.0 Å². The summed E-state index contributed by atoms with van der Waals surface area (Å²) >= 11 is 7.52. The predicted molar refractivity (Wildman–Crippen MR) is 144 cm³/mol. The standard InChI is InChI=1S/C29H23ClN2O4S/c1-18-25(28(34)35-2)26(20-10-4-3-5-11-20)32-27(33)24(37-29(32)31-18)16-19-9-8-13-22(15-19)36-17-21-12-6-7-14-23(21)30/h3-16,26H,17H2,1-2H3/b24-16-/t26-/m0/s1. The number of halogens is 1. The molecule has 0 bridgehead atoms. The average Bonchev–Trinajstić information content (AvgIpc) is 3.21. The smallest absolute Gasteiger partial charge is 0.338 e. The highest BCUT2D eigenvalue weighted by molar-refractivity contribution is 7.07. The first-order valence-corrected chi connectivity index (χ1v) is 12.8. The molecule has 4 aromatic rings. The van der Waals surface area contributed by atoms with Gasteiger partial charge in [-0.25, -0.2) is 9.79 Å². The third-order valence-corrected chi connectivity index (χ3v) is 7.40. The molecule has 1 aliphatic heterocycles. The van der Waals surface area contributed by atoms with E-state index in [4.69, 9.17) is 21.1 Å². The molecule has 1 atom stereocenters. The summed E-state index contributed by atoms with van der Waals surface area (Å²) in [5, 5.41) is 0.648. The molecule has 0 N–H and O–H groups in total. The van der Waals surface area contributed by atoms with E-state index in [0.717, 1.165) is 16.7 Å². The van der Waals surface area contributed by atoms with Gasteiger partial charge in [0, 0.05) is 10.6 Å². The molecule has 5 rings (SSSR count). The van der Waals surface area contributed by atoms with E-state index in [9.17, 15) is 9.59 Å². The Hall–Kier alpha value is -3.94. The maximum absolute atomic E-state index is 13.7. The van der Waals surface area contributed by atoms with Crippen molar-refractivity contribution in [1.82, 2.24) is 4.57 Å². The van der Waals surface area contributed by atoms with Crippen LogP contribution in [0, 0.1) is 0 Å². The summed E-state index contributed by atoms with van der Waals surface area (Å²) in [7, 11) is 1.33. The number of benzene rings is 3. The van der Waals surface area contributed by atoms with Crippen LogP contribution in [0.4, 0.5) is 0 Å². The largest absolute Gasteiger partial charge is 0.489 e. The second kappa shape index (κ2) is 10.6. The van der Waals surface area contributed by atoms with Gasteiger partial charge >= 0.3 is 5.97 Å². The highest BCUT2D eigenvalue weighted by Crippen LogP contribution is 2.30. The van der Waals surface area contributed by atoms with Gasteiger partial charge in [0.25, 0.3) is 5.56 Å². The number of allylic oxidation sites excluding steroid dienone is 1. The Morgan fingerprint density at radius 1 is 1.08 bits per heavy atom. The van der Waals surface area contributed by atoms with Crippen molar-refractivity contribution in [3.63, 3.8) is 0 Å². The van der Waals surface area contributed by atoms with Crippen LogP contribution in [0.2, 0.25) is 5.02 Å². The Balaban J connectivity index is 1.54. The average molecular weight is 531 g/mol. The summed E-state index contributed by atoms with van der Waals surface area (Å²) in [6, 6.07) is 23.8. The zero-order valence-corrected chi connectivity index (χ0v) is 21.8. The van der Waals surface area contributed by atoms with E-state index in [1.54, 1.807) is 11.5 Å². The van der Waals surface area contributed by atoms with Crippen molar-refractivity contribution in [2.24, 2.45) is 4.99 Å². The second-order valence-corrected chi connectivity index (χ2v) is 9.85. The fourth-order valence-corrected chi connectivity index (χ4v) is 5.50. The molecule has 186 valence electrons. The molecule has 8 heteroatoms. The van der Waals surface area contributed by atoms with Crippen LogP contribution in [0.25, 0.3) is 6.08 Å². The molecule has 0 spiro atoms. The molecule has 2 heterocycles. The SMILES string of the molecule is COC(=O)C1=C(C)N=c2s/c(=C\c3cccc(OCc4ccccc4Cl)c3)c(=O)n2[C@H]1c1ccccc1. The highest BCUT2D eigenvalue weighted by atomic mass is 35.5. The van der Waals surface area contributed by atoms with Gasteiger partial charge in [0.1, 0.15) is 12.4 Å². The third kappa shape index (κ3) is 5.01. The molecular weight excluding hydrogens is 508 g/mol. The molecular formula is C29H23ClN2O4S. The van der Waals surface area contributed by atoms with E-state index in [-0.39, 0.29) is 5.56 Å². The maximum atomic E-state index is 13.7. The molecule has 1 aliphatic rings. The van der Waals surface area contributed by atoms with Crippen molar-refractivity contribution in [3.05, 3.63) is 132 Å². The fraction of sp³-hybridized carbons (Fsp3) is 0.138. The van der Waals surface area contributed by atoms with Crippen LogP contribution in [-0.4, -0.2) is 17.6 Å². The molecule has 3 aromatic carbocycles. The lowest BCUT2D eigenvalue weighted by atomic mass is 9.96. The van der Waals surface area contributed by atoms with Crippen molar-refractivity contribution in [3.8, 4) is 5.75 Å². The highest BCUT2D eigenvalue weighted by Gasteiger charge is 2.32. The normalized spacial score (nSPS) is 15.2. The Labute approximate surface area is 222 Å². The van der Waals surface area contributed by atoms with Crippen molar-refractivity contribution in [2.75, 3.05) is 7.11 Å². The first-order chi connectivity index (χ1) is 18.0. The van der Waals surface area contributed by atoms with Gasteiger partial charge in [0.15, 0.2) is 4.80 Å². The number of carbonyl (C=O) groups is 1. The number of hydrogen-bond donors (Lipinski definition) is 0. The van der Waals surface area contributed by atoms with Gasteiger partial charge in [-0.05, 0) is 42.3 Å². The summed E-state index contributed by atoms with van der Waals surface area (Å²) in [5.41, 5.74) is 3.16. The van der Waals surface area contributed by atoms with Crippen LogP contribution in [0.15, 0.2) is 99.9 Å². The first-order valence-electron chi connectivity index (χ1n) is 11.6. The summed E-state index contributed by atoms with van der Waals surface area (Å²) in [4.78, 5) is 31.5. The van der Waals surface area contributed by atoms with E-state index < -0.39 is 12.0 Å². The zero-order chi connectivity index (χ0) is 25.9. The molecule has 0 aliphatic carbocycles. The van der Waals surface area contributed by atoms with Gasteiger partial charge in [-0.2, -0.15) is 0 Å². The number of rotatable bonds is 6. The maximum Gasteiger partial charge on any atom is 0.338 e. The quantitative estimate of drug-likeness (QED) is 0.341. The van der Waals surface area contributed by atoms with Crippen LogP contribution in [0.3, 0.4) is 0 Å². The Kier molecular flexibility index (Phi) is 7.08. The Morgan fingerprint density at radius 2 is 1.84 bits per heavy atom. The van der Waals surface area contributed by atoms with Crippen LogP contribution in [-0.2, 0) is 16.1 Å². The minimum Gasteiger partial charge on any atom is -0.489 e. The lowest BCUT2D eigenvalue weighted by Crippen LogP contribution is -2.39. The first kappa shape index (κ1) is 24.7. The minimum atomic E-state index is -0.627. The van der Waals surface area contributed by atoms with Crippen molar-refractivity contribution in [1.29, 1.82) is 0 Å². The van der Waals surface area contributed by atoms with Gasteiger partial charge in [0.05, 0.1) is 29.0 Å². The van der Waals surface area contributed by atoms with Gasteiger partial charge in [-0.3, -0.25) is 9.36 Å². The lowest BCUT2D eigenvalue weighted by Gasteiger charge is -2.24. The number of carbonyl (C=O) groups excluding carboxylic acids is 1.